The van der Waals surface area contributed by atoms with Crippen LogP contribution in [0.2, 0.25) is 0 Å². The molecule has 0 radical (unpaired) electrons. The van der Waals surface area contributed by atoms with Gasteiger partial charge in [-0.05, 0) is 5.92 Å². The summed E-state index contributed by atoms with van der Waals surface area (Å²) in [6, 6.07) is 9.10. The van der Waals surface area contributed by atoms with E-state index in [9.17, 15) is 4.79 Å². The minimum atomic E-state index is -0.404. The Morgan fingerprint density at radius 3 is 2.64 bits per heavy atom. The van der Waals surface area contributed by atoms with Crippen LogP contribution in [0.1, 0.15) is 19.7 Å². The molecule has 0 unspecified atom stereocenters. The molecule has 0 bridgehead atoms. The molecular weight excluding hydrogens is 280 g/mol. The van der Waals surface area contributed by atoms with Gasteiger partial charge >= 0.3 is 6.03 Å². The Hall–Kier alpha value is -2.83. The molecule has 0 aliphatic carbocycles. The highest BCUT2D eigenvalue weighted by Gasteiger charge is 2.19. The number of carbonyl (C=O) groups is 1. The van der Waals surface area contributed by atoms with Gasteiger partial charge in [-0.25, -0.2) is 14.8 Å². The van der Waals surface area contributed by atoms with Crippen LogP contribution in [0.4, 0.5) is 4.79 Å². The first kappa shape index (κ1) is 14.1. The molecule has 112 valence electrons. The fraction of sp³-hybridized carbons (Fsp3) is 0.267. The van der Waals surface area contributed by atoms with Gasteiger partial charge in [0.05, 0.1) is 0 Å². The normalized spacial score (nSPS) is 11.0. The van der Waals surface area contributed by atoms with Gasteiger partial charge in [0.2, 0.25) is 0 Å². The van der Waals surface area contributed by atoms with Gasteiger partial charge in [-0.1, -0.05) is 44.2 Å². The van der Waals surface area contributed by atoms with Crippen molar-refractivity contribution in [2.75, 3.05) is 0 Å². The molecule has 0 fully saturated rings. The number of benzene rings is 1. The summed E-state index contributed by atoms with van der Waals surface area (Å²) in [5.41, 5.74) is 0.832. The van der Waals surface area contributed by atoms with Gasteiger partial charge in [-0.3, -0.25) is 0 Å². The summed E-state index contributed by atoms with van der Waals surface area (Å²) in [4.78, 5) is 20.8. The second kappa shape index (κ2) is 5.88. The maximum absolute atomic E-state index is 12.5. The number of hydrogen-bond donors (Lipinski definition) is 0. The molecule has 7 nitrogen and oxygen atoms in total. The molecule has 0 atom stereocenters. The minimum Gasteiger partial charge on any atom is -0.243 e. The number of aromatic nitrogens is 6. The Morgan fingerprint density at radius 2 is 2.00 bits per heavy atom. The first-order valence-electron chi connectivity index (χ1n) is 7.06. The molecule has 2 aromatic heterocycles. The minimum absolute atomic E-state index is 0.404. The van der Waals surface area contributed by atoms with Crippen LogP contribution in [0, 0.1) is 5.92 Å². The van der Waals surface area contributed by atoms with Crippen molar-refractivity contribution in [1.29, 1.82) is 0 Å². The highest BCUT2D eigenvalue weighted by atomic mass is 16.2. The smallest absolute Gasteiger partial charge is 0.243 e. The van der Waals surface area contributed by atoms with Crippen molar-refractivity contribution in [2.24, 2.45) is 5.92 Å². The molecule has 0 aliphatic heterocycles. The van der Waals surface area contributed by atoms with Gasteiger partial charge < -0.3 is 0 Å². The van der Waals surface area contributed by atoms with Crippen LogP contribution in [-0.4, -0.2) is 35.6 Å². The Labute approximate surface area is 127 Å². The van der Waals surface area contributed by atoms with Crippen molar-refractivity contribution >= 4 is 6.03 Å². The third-order valence-corrected chi connectivity index (χ3v) is 3.07. The van der Waals surface area contributed by atoms with Crippen molar-refractivity contribution in [3.05, 3.63) is 48.8 Å². The second-order valence-electron chi connectivity index (χ2n) is 5.35. The largest absolute Gasteiger partial charge is 0.372 e. The van der Waals surface area contributed by atoms with E-state index >= 15 is 0 Å². The van der Waals surface area contributed by atoms with Gasteiger partial charge in [0.15, 0.2) is 11.6 Å². The molecule has 3 rings (SSSR count). The topological polar surface area (TPSA) is 78.5 Å². The Morgan fingerprint density at radius 1 is 1.23 bits per heavy atom. The average molecular weight is 296 g/mol. The average Bonchev–Trinajstić information content (AvgIpc) is 3.16. The third-order valence-electron chi connectivity index (χ3n) is 3.07. The molecule has 1 aromatic carbocycles. The van der Waals surface area contributed by atoms with Gasteiger partial charge in [0.25, 0.3) is 0 Å². The molecular formula is C15H16N6O. The maximum atomic E-state index is 12.5. The van der Waals surface area contributed by atoms with E-state index in [1.807, 2.05) is 30.3 Å². The van der Waals surface area contributed by atoms with Crippen molar-refractivity contribution in [1.82, 2.24) is 29.5 Å². The van der Waals surface area contributed by atoms with Crippen molar-refractivity contribution in [3.63, 3.8) is 0 Å². The summed E-state index contributed by atoms with van der Waals surface area (Å²) in [5.74, 6) is 1.56. The van der Waals surface area contributed by atoms with Crippen LogP contribution < -0.4 is 0 Å². The third kappa shape index (κ3) is 2.78. The molecule has 2 heterocycles. The van der Waals surface area contributed by atoms with E-state index in [0.29, 0.717) is 24.0 Å². The number of rotatable bonds is 3. The lowest BCUT2D eigenvalue weighted by Crippen LogP contribution is -2.22. The highest BCUT2D eigenvalue weighted by molar-refractivity contribution is 5.81. The lowest BCUT2D eigenvalue weighted by molar-refractivity contribution is 0.238. The summed E-state index contributed by atoms with van der Waals surface area (Å²) in [6.07, 6.45) is 3.37. The molecule has 7 heteroatoms. The number of carbonyl (C=O) groups excluding carboxylic acids is 1. The molecule has 0 N–H and O–H groups in total. The molecule has 0 spiro atoms. The zero-order valence-corrected chi connectivity index (χ0v) is 12.4. The van der Waals surface area contributed by atoms with E-state index in [4.69, 9.17) is 0 Å². The Kier molecular flexibility index (Phi) is 3.78. The van der Waals surface area contributed by atoms with E-state index in [0.717, 1.165) is 10.2 Å². The second-order valence-corrected chi connectivity index (χ2v) is 5.35. The summed E-state index contributed by atoms with van der Waals surface area (Å²) in [5, 5.41) is 8.21. The van der Waals surface area contributed by atoms with Gasteiger partial charge in [0, 0.05) is 12.0 Å². The summed E-state index contributed by atoms with van der Waals surface area (Å²) in [7, 11) is 0. The van der Waals surface area contributed by atoms with Gasteiger partial charge in [0.1, 0.15) is 12.7 Å². The van der Waals surface area contributed by atoms with E-state index in [2.05, 4.69) is 34.0 Å². The predicted molar refractivity (Wildman–Crippen MR) is 80.2 cm³/mol. The molecule has 22 heavy (non-hydrogen) atoms. The van der Waals surface area contributed by atoms with Gasteiger partial charge in [-0.15, -0.1) is 5.10 Å². The van der Waals surface area contributed by atoms with E-state index in [1.165, 1.54) is 17.3 Å². The molecule has 0 amide bonds. The van der Waals surface area contributed by atoms with E-state index in [-0.39, 0.29) is 0 Å². The van der Waals surface area contributed by atoms with E-state index in [1.54, 1.807) is 0 Å². The lowest BCUT2D eigenvalue weighted by atomic mass is 10.1. The zero-order valence-electron chi connectivity index (χ0n) is 12.4. The Bertz CT molecular complexity index is 761. The van der Waals surface area contributed by atoms with Crippen LogP contribution in [0.25, 0.3) is 11.4 Å². The Balaban J connectivity index is 2.07. The molecule has 0 saturated heterocycles. The fourth-order valence-corrected chi connectivity index (χ4v) is 2.12. The van der Waals surface area contributed by atoms with Crippen LogP contribution in [0.5, 0.6) is 0 Å². The van der Waals surface area contributed by atoms with Crippen LogP contribution >= 0.6 is 0 Å². The van der Waals surface area contributed by atoms with Crippen LogP contribution in [0.15, 0.2) is 43.0 Å². The van der Waals surface area contributed by atoms with Crippen molar-refractivity contribution < 1.29 is 4.79 Å². The maximum Gasteiger partial charge on any atom is 0.372 e. The van der Waals surface area contributed by atoms with Crippen LogP contribution in [0.3, 0.4) is 0 Å². The first-order valence-corrected chi connectivity index (χ1v) is 7.06. The number of hydrogen-bond acceptors (Lipinski definition) is 5. The highest BCUT2D eigenvalue weighted by Crippen LogP contribution is 2.18. The molecule has 0 saturated carbocycles. The predicted octanol–water partition coefficient (Wildman–Crippen LogP) is 2.25. The summed E-state index contributed by atoms with van der Waals surface area (Å²) >= 11 is 0. The van der Waals surface area contributed by atoms with E-state index < -0.39 is 6.03 Å². The fourth-order valence-electron chi connectivity index (χ4n) is 2.12. The number of nitrogens with zero attached hydrogens (tertiary/aromatic N) is 6. The molecule has 0 aliphatic rings. The molecule has 3 aromatic rings. The first-order chi connectivity index (χ1) is 10.6. The van der Waals surface area contributed by atoms with Gasteiger partial charge in [-0.2, -0.15) is 14.5 Å². The van der Waals surface area contributed by atoms with Crippen molar-refractivity contribution in [2.45, 2.75) is 20.3 Å². The van der Waals surface area contributed by atoms with Crippen molar-refractivity contribution in [3.8, 4) is 11.4 Å². The quantitative estimate of drug-likeness (QED) is 0.740. The zero-order chi connectivity index (χ0) is 15.5. The lowest BCUT2D eigenvalue weighted by Gasteiger charge is -2.03. The van der Waals surface area contributed by atoms with Crippen LogP contribution in [-0.2, 0) is 6.42 Å². The SMILES string of the molecule is CC(C)Cc1nc(-c2ccccc2)n(C(=O)n2cncn2)n1. The summed E-state index contributed by atoms with van der Waals surface area (Å²) < 4.78 is 2.42. The summed E-state index contributed by atoms with van der Waals surface area (Å²) in [6.45, 7) is 4.17. The monoisotopic (exact) mass is 296 g/mol. The standard InChI is InChI=1S/C15H16N6O/c1-11(2)8-13-18-14(12-6-4-3-5-7-12)21(19-13)15(22)20-10-16-9-17-20/h3-7,9-11H,8H2,1-2H3.